The molecule has 2 rings (SSSR count). The SMILES string of the molecule is CCC(Oc1ccc(OC)cc1)C(=O)N1CCC(C(=O)OC)CC1. The summed E-state index contributed by atoms with van der Waals surface area (Å²) < 4.78 is 15.7. The number of piperidine rings is 1. The summed E-state index contributed by atoms with van der Waals surface area (Å²) in [6, 6.07) is 7.18. The molecule has 1 fully saturated rings. The van der Waals surface area contributed by atoms with Crippen LogP contribution in [0.15, 0.2) is 24.3 Å². The molecule has 0 N–H and O–H groups in total. The van der Waals surface area contributed by atoms with Gasteiger partial charge in [-0.05, 0) is 43.5 Å². The van der Waals surface area contributed by atoms with Crippen LogP contribution in [0.5, 0.6) is 11.5 Å². The highest BCUT2D eigenvalue weighted by Gasteiger charge is 2.31. The maximum Gasteiger partial charge on any atom is 0.308 e. The Labute approximate surface area is 142 Å². The molecule has 0 aliphatic carbocycles. The van der Waals surface area contributed by atoms with Crippen LogP contribution in [0, 0.1) is 5.92 Å². The molecule has 1 aliphatic rings. The van der Waals surface area contributed by atoms with Crippen molar-refractivity contribution in [3.63, 3.8) is 0 Å². The average molecular weight is 335 g/mol. The molecule has 1 aromatic carbocycles. The third-order valence-electron chi connectivity index (χ3n) is 4.33. The van der Waals surface area contributed by atoms with Crippen molar-refractivity contribution in [3.05, 3.63) is 24.3 Å². The van der Waals surface area contributed by atoms with Gasteiger partial charge in [0.25, 0.3) is 5.91 Å². The maximum absolute atomic E-state index is 12.7. The number of carbonyl (C=O) groups excluding carboxylic acids is 2. The van der Waals surface area contributed by atoms with Crippen LogP contribution in [0.2, 0.25) is 0 Å². The normalized spacial score (nSPS) is 16.4. The van der Waals surface area contributed by atoms with Crippen LogP contribution in [0.1, 0.15) is 26.2 Å². The van der Waals surface area contributed by atoms with Crippen LogP contribution in [0.4, 0.5) is 0 Å². The molecule has 1 atom stereocenters. The predicted octanol–water partition coefficient (Wildman–Crippen LogP) is 2.26. The molecule has 24 heavy (non-hydrogen) atoms. The summed E-state index contributed by atoms with van der Waals surface area (Å²) in [6.45, 7) is 3.04. The first kappa shape index (κ1) is 18.1. The molecule has 0 spiro atoms. The van der Waals surface area contributed by atoms with E-state index in [2.05, 4.69) is 0 Å². The highest BCUT2D eigenvalue weighted by molar-refractivity contribution is 5.81. The highest BCUT2D eigenvalue weighted by Crippen LogP contribution is 2.22. The topological polar surface area (TPSA) is 65.1 Å². The Kier molecular flexibility index (Phi) is 6.46. The predicted molar refractivity (Wildman–Crippen MR) is 89.0 cm³/mol. The smallest absolute Gasteiger partial charge is 0.308 e. The molecule has 1 heterocycles. The van der Waals surface area contributed by atoms with Gasteiger partial charge in [0, 0.05) is 13.1 Å². The van der Waals surface area contributed by atoms with Gasteiger partial charge in [-0.15, -0.1) is 0 Å². The molecule has 6 nitrogen and oxygen atoms in total. The van der Waals surface area contributed by atoms with E-state index in [1.54, 1.807) is 36.3 Å². The molecule has 0 bridgehead atoms. The van der Waals surface area contributed by atoms with Gasteiger partial charge in [-0.1, -0.05) is 6.92 Å². The number of esters is 1. The Hall–Kier alpha value is -2.24. The van der Waals surface area contributed by atoms with Gasteiger partial charge in [0.15, 0.2) is 6.10 Å². The number of rotatable bonds is 6. The molecule has 1 unspecified atom stereocenters. The minimum absolute atomic E-state index is 0.0309. The van der Waals surface area contributed by atoms with Crippen molar-refractivity contribution >= 4 is 11.9 Å². The van der Waals surface area contributed by atoms with Gasteiger partial charge in [0.1, 0.15) is 11.5 Å². The number of hydrogen-bond acceptors (Lipinski definition) is 5. The second-order valence-electron chi connectivity index (χ2n) is 5.81. The number of nitrogens with zero attached hydrogens (tertiary/aromatic N) is 1. The second-order valence-corrected chi connectivity index (χ2v) is 5.81. The van der Waals surface area contributed by atoms with Crippen molar-refractivity contribution in [2.75, 3.05) is 27.3 Å². The van der Waals surface area contributed by atoms with E-state index in [9.17, 15) is 9.59 Å². The summed E-state index contributed by atoms with van der Waals surface area (Å²) in [6.07, 6.45) is 1.34. The van der Waals surface area contributed by atoms with Crippen LogP contribution in [-0.2, 0) is 14.3 Å². The molecular formula is C18H25NO5. The van der Waals surface area contributed by atoms with Gasteiger partial charge in [0.2, 0.25) is 0 Å². The Balaban J connectivity index is 1.92. The Morgan fingerprint density at radius 2 is 1.71 bits per heavy atom. The zero-order chi connectivity index (χ0) is 17.5. The molecular weight excluding hydrogens is 310 g/mol. The van der Waals surface area contributed by atoms with Crippen LogP contribution in [-0.4, -0.2) is 50.2 Å². The van der Waals surface area contributed by atoms with Crippen LogP contribution in [0.3, 0.4) is 0 Å². The number of benzene rings is 1. The Bertz CT molecular complexity index is 549. The zero-order valence-corrected chi connectivity index (χ0v) is 14.5. The van der Waals surface area contributed by atoms with E-state index in [4.69, 9.17) is 14.2 Å². The van der Waals surface area contributed by atoms with Crippen molar-refractivity contribution in [1.82, 2.24) is 4.90 Å². The monoisotopic (exact) mass is 335 g/mol. The summed E-state index contributed by atoms with van der Waals surface area (Å²) in [5, 5.41) is 0. The largest absolute Gasteiger partial charge is 0.497 e. The summed E-state index contributed by atoms with van der Waals surface area (Å²) in [7, 11) is 3.00. The number of carbonyl (C=O) groups is 2. The maximum atomic E-state index is 12.7. The van der Waals surface area contributed by atoms with E-state index in [0.717, 1.165) is 5.75 Å². The van der Waals surface area contributed by atoms with E-state index < -0.39 is 6.10 Å². The first-order valence-electron chi connectivity index (χ1n) is 8.26. The fourth-order valence-electron chi connectivity index (χ4n) is 2.83. The van der Waals surface area contributed by atoms with E-state index in [-0.39, 0.29) is 17.8 Å². The van der Waals surface area contributed by atoms with Gasteiger partial charge in [0.05, 0.1) is 20.1 Å². The lowest BCUT2D eigenvalue weighted by Gasteiger charge is -2.33. The minimum Gasteiger partial charge on any atom is -0.497 e. The molecule has 1 aromatic rings. The summed E-state index contributed by atoms with van der Waals surface area (Å²) >= 11 is 0. The zero-order valence-electron chi connectivity index (χ0n) is 14.5. The van der Waals surface area contributed by atoms with Crippen molar-refractivity contribution in [3.8, 4) is 11.5 Å². The first-order chi connectivity index (χ1) is 11.6. The average Bonchev–Trinajstić information content (AvgIpc) is 2.65. The molecule has 0 saturated carbocycles. The van der Waals surface area contributed by atoms with Gasteiger partial charge in [-0.25, -0.2) is 0 Å². The Morgan fingerprint density at radius 1 is 1.12 bits per heavy atom. The third-order valence-corrected chi connectivity index (χ3v) is 4.33. The highest BCUT2D eigenvalue weighted by atomic mass is 16.5. The van der Waals surface area contributed by atoms with Crippen LogP contribution in [0.25, 0.3) is 0 Å². The van der Waals surface area contributed by atoms with Gasteiger partial charge < -0.3 is 19.1 Å². The lowest BCUT2D eigenvalue weighted by atomic mass is 9.96. The van der Waals surface area contributed by atoms with E-state index >= 15 is 0 Å². The van der Waals surface area contributed by atoms with E-state index in [1.807, 2.05) is 6.92 Å². The number of likely N-dealkylation sites (tertiary alicyclic amines) is 1. The third kappa shape index (κ3) is 4.40. The van der Waals surface area contributed by atoms with Crippen molar-refractivity contribution in [2.24, 2.45) is 5.92 Å². The van der Waals surface area contributed by atoms with Crippen LogP contribution < -0.4 is 9.47 Å². The number of amides is 1. The fourth-order valence-corrected chi connectivity index (χ4v) is 2.83. The molecule has 6 heteroatoms. The van der Waals surface area contributed by atoms with Gasteiger partial charge in [-0.3, -0.25) is 9.59 Å². The fraction of sp³-hybridized carbons (Fsp3) is 0.556. The molecule has 132 valence electrons. The molecule has 0 radical (unpaired) electrons. The van der Waals surface area contributed by atoms with Crippen molar-refractivity contribution in [2.45, 2.75) is 32.3 Å². The lowest BCUT2D eigenvalue weighted by Crippen LogP contribution is -2.46. The molecule has 0 aromatic heterocycles. The van der Waals surface area contributed by atoms with Gasteiger partial charge >= 0.3 is 5.97 Å². The summed E-state index contributed by atoms with van der Waals surface area (Å²) in [5.74, 6) is 1.05. The minimum atomic E-state index is -0.520. The quantitative estimate of drug-likeness (QED) is 0.746. The molecule has 1 saturated heterocycles. The van der Waals surface area contributed by atoms with E-state index in [0.29, 0.717) is 38.1 Å². The molecule has 1 aliphatic heterocycles. The van der Waals surface area contributed by atoms with E-state index in [1.165, 1.54) is 7.11 Å². The van der Waals surface area contributed by atoms with Crippen molar-refractivity contribution in [1.29, 1.82) is 0 Å². The number of methoxy groups -OCH3 is 2. The van der Waals surface area contributed by atoms with Crippen LogP contribution >= 0.6 is 0 Å². The summed E-state index contributed by atoms with van der Waals surface area (Å²) in [4.78, 5) is 26.0. The molecule has 1 amide bonds. The number of hydrogen-bond donors (Lipinski definition) is 0. The Morgan fingerprint density at radius 3 is 2.21 bits per heavy atom. The first-order valence-corrected chi connectivity index (χ1v) is 8.26. The second kappa shape index (κ2) is 8.57. The summed E-state index contributed by atoms with van der Waals surface area (Å²) in [5.41, 5.74) is 0. The van der Waals surface area contributed by atoms with Crippen molar-refractivity contribution < 1.29 is 23.8 Å². The standard InChI is InChI=1S/C18H25NO5/c1-4-16(24-15-7-5-14(22-2)6-8-15)17(20)19-11-9-13(10-12-19)18(21)23-3/h5-8,13,16H,4,9-12H2,1-3H3. The number of ether oxygens (including phenoxy) is 3. The van der Waals surface area contributed by atoms with Gasteiger partial charge in [-0.2, -0.15) is 0 Å². The lowest BCUT2D eigenvalue weighted by molar-refractivity contribution is -0.150.